The molecule has 1 fully saturated rings. The van der Waals surface area contributed by atoms with Gasteiger partial charge in [0.05, 0.1) is 33.9 Å². The fourth-order valence-electron chi connectivity index (χ4n) is 4.81. The Morgan fingerprint density at radius 2 is 1.91 bits per heavy atom. The summed E-state index contributed by atoms with van der Waals surface area (Å²) in [5, 5.41) is 13.0. The fraction of sp³-hybridized carbons (Fsp3) is 0.522. The first-order valence-electron chi connectivity index (χ1n) is 10.8. The lowest BCUT2D eigenvalue weighted by atomic mass is 9.54. The number of aromatic nitrogens is 2. The van der Waals surface area contributed by atoms with Crippen LogP contribution in [0.3, 0.4) is 0 Å². The minimum atomic E-state index is -0.745. The molecule has 0 atom stereocenters. The van der Waals surface area contributed by atoms with Crippen LogP contribution < -0.4 is 10.6 Å². The molecule has 1 saturated carbocycles. The first kappa shape index (κ1) is 22.6. The van der Waals surface area contributed by atoms with E-state index in [1.807, 2.05) is 13.8 Å². The van der Waals surface area contributed by atoms with Gasteiger partial charge in [0, 0.05) is 5.56 Å². The molecule has 1 aromatic heterocycles. The van der Waals surface area contributed by atoms with Crippen LogP contribution in [0.15, 0.2) is 18.2 Å². The second-order valence-corrected chi connectivity index (χ2v) is 10.6. The molecular weight excluding hydrogens is 433 g/mol. The van der Waals surface area contributed by atoms with Crippen molar-refractivity contribution in [2.75, 3.05) is 10.6 Å². The number of para-hydroxylation sites is 1. The van der Waals surface area contributed by atoms with Crippen molar-refractivity contribution in [1.29, 1.82) is 0 Å². The van der Waals surface area contributed by atoms with Crippen molar-refractivity contribution >= 4 is 35.0 Å². The van der Waals surface area contributed by atoms with Crippen LogP contribution in [0.4, 0.5) is 20.7 Å². The molecule has 3 N–H and O–H groups in total. The number of amides is 3. The third kappa shape index (κ3) is 3.36. The molecule has 2 heterocycles. The van der Waals surface area contributed by atoms with Crippen molar-refractivity contribution in [2.45, 2.75) is 66.0 Å². The zero-order chi connectivity index (χ0) is 23.5. The summed E-state index contributed by atoms with van der Waals surface area (Å²) in [4.78, 5) is 27.9. The molecule has 1 aromatic carbocycles. The highest BCUT2D eigenvalue weighted by molar-refractivity contribution is 6.33. The van der Waals surface area contributed by atoms with Gasteiger partial charge in [-0.25, -0.2) is 9.18 Å². The first-order valence-corrected chi connectivity index (χ1v) is 11.2. The van der Waals surface area contributed by atoms with Gasteiger partial charge in [-0.05, 0) is 44.2 Å². The molecule has 7 nitrogen and oxygen atoms in total. The normalized spacial score (nSPS) is 18.7. The van der Waals surface area contributed by atoms with Gasteiger partial charge >= 0.3 is 6.03 Å². The molecule has 4 rings (SSSR count). The number of fused-ring (bicyclic) bond motifs is 1. The lowest BCUT2D eigenvalue weighted by molar-refractivity contribution is -0.139. The number of H-pyrrole nitrogens is 1. The van der Waals surface area contributed by atoms with E-state index in [0.29, 0.717) is 5.82 Å². The smallest absolute Gasteiger partial charge is 0.309 e. The maximum Gasteiger partial charge on any atom is 0.323 e. The largest absolute Gasteiger partial charge is 0.323 e. The number of benzene rings is 1. The van der Waals surface area contributed by atoms with Crippen molar-refractivity contribution in [3.8, 4) is 0 Å². The minimum absolute atomic E-state index is 0.0376. The number of urea groups is 1. The van der Waals surface area contributed by atoms with Gasteiger partial charge in [0.1, 0.15) is 5.82 Å². The van der Waals surface area contributed by atoms with E-state index in [0.717, 1.165) is 30.5 Å². The number of rotatable bonds is 3. The molecular formula is C23H29ClFN5O2. The predicted octanol–water partition coefficient (Wildman–Crippen LogP) is 5.64. The molecule has 1 aliphatic carbocycles. The fourth-order valence-corrected chi connectivity index (χ4v) is 5.02. The van der Waals surface area contributed by atoms with Gasteiger partial charge in [0.2, 0.25) is 5.91 Å². The molecule has 2 aromatic rings. The predicted molar refractivity (Wildman–Crippen MR) is 122 cm³/mol. The molecule has 32 heavy (non-hydrogen) atoms. The summed E-state index contributed by atoms with van der Waals surface area (Å²) in [5.74, 6) is -0.207. The maximum absolute atomic E-state index is 14.2. The Bertz CT molecular complexity index is 1060. The van der Waals surface area contributed by atoms with E-state index in [2.05, 4.69) is 41.6 Å². The van der Waals surface area contributed by atoms with E-state index >= 15 is 0 Å². The summed E-state index contributed by atoms with van der Waals surface area (Å²) < 4.78 is 14.2. The highest BCUT2D eigenvalue weighted by atomic mass is 35.5. The minimum Gasteiger partial charge on any atom is -0.309 e. The van der Waals surface area contributed by atoms with Crippen LogP contribution in [0.2, 0.25) is 5.02 Å². The zero-order valence-corrected chi connectivity index (χ0v) is 19.8. The van der Waals surface area contributed by atoms with Crippen molar-refractivity contribution < 1.29 is 14.0 Å². The number of nitrogens with zero attached hydrogens (tertiary/aromatic N) is 2. The average Bonchev–Trinajstić information content (AvgIpc) is 3.14. The summed E-state index contributed by atoms with van der Waals surface area (Å²) in [6.07, 6.45) is 2.72. The standard InChI is InChI=1S/C23H29ClFN5O2/c1-21(2,3)23(10-7-11-23)19(31)27-18-13-12-30(22(4,5)17(13)28-29-18)20(32)26-16-14(24)8-6-9-15(16)25/h6,8-9H,7,10-12H2,1-5H3,(H,26,32)(H2,27,28,29,31). The van der Waals surface area contributed by atoms with Crippen LogP contribution in [0, 0.1) is 16.6 Å². The molecule has 0 bridgehead atoms. The number of hydrogen-bond donors (Lipinski definition) is 3. The molecule has 0 unspecified atom stereocenters. The van der Waals surface area contributed by atoms with Gasteiger partial charge in [-0.1, -0.05) is 44.9 Å². The SMILES string of the molecule is CC1(C)c2[nH]nc(NC(=O)C3(C(C)(C)C)CCC3)c2CN1C(=O)Nc1c(F)cccc1Cl. The second-order valence-electron chi connectivity index (χ2n) is 10.2. The topological polar surface area (TPSA) is 90.1 Å². The number of carbonyl (C=O) groups excluding carboxylic acids is 2. The molecule has 0 saturated heterocycles. The Labute approximate surface area is 192 Å². The molecule has 0 radical (unpaired) electrons. The van der Waals surface area contributed by atoms with Gasteiger partial charge in [-0.15, -0.1) is 0 Å². The lowest BCUT2D eigenvalue weighted by Crippen LogP contribution is -2.51. The maximum atomic E-state index is 14.2. The third-order valence-corrected chi connectivity index (χ3v) is 7.53. The van der Waals surface area contributed by atoms with Crippen molar-refractivity contribution in [3.05, 3.63) is 40.3 Å². The summed E-state index contributed by atoms with van der Waals surface area (Å²) >= 11 is 6.06. The van der Waals surface area contributed by atoms with Crippen LogP contribution in [-0.4, -0.2) is 27.0 Å². The van der Waals surface area contributed by atoms with Gasteiger partial charge in [-0.2, -0.15) is 5.10 Å². The van der Waals surface area contributed by atoms with Crippen LogP contribution in [0.25, 0.3) is 0 Å². The first-order chi connectivity index (χ1) is 14.9. The highest BCUT2D eigenvalue weighted by Gasteiger charge is 2.53. The van der Waals surface area contributed by atoms with Crippen LogP contribution >= 0.6 is 11.6 Å². The third-order valence-electron chi connectivity index (χ3n) is 7.22. The number of halogens is 2. The molecule has 0 spiro atoms. The molecule has 2 aliphatic rings. The summed E-state index contributed by atoms with van der Waals surface area (Å²) in [7, 11) is 0. The van der Waals surface area contributed by atoms with Crippen LogP contribution in [0.1, 0.15) is 65.1 Å². The van der Waals surface area contributed by atoms with E-state index in [1.54, 1.807) is 4.90 Å². The molecule has 9 heteroatoms. The van der Waals surface area contributed by atoms with E-state index in [1.165, 1.54) is 18.2 Å². The molecule has 1 aliphatic heterocycles. The summed E-state index contributed by atoms with van der Waals surface area (Å²) in [6, 6.07) is 3.74. The van der Waals surface area contributed by atoms with Crippen molar-refractivity contribution in [2.24, 2.45) is 10.8 Å². The van der Waals surface area contributed by atoms with Gasteiger partial charge in [-0.3, -0.25) is 9.89 Å². The van der Waals surface area contributed by atoms with E-state index < -0.39 is 22.8 Å². The van der Waals surface area contributed by atoms with Crippen LogP contribution in [0.5, 0.6) is 0 Å². The monoisotopic (exact) mass is 461 g/mol. The molecule has 3 amide bonds. The quantitative estimate of drug-likeness (QED) is 0.552. The van der Waals surface area contributed by atoms with Crippen LogP contribution in [-0.2, 0) is 16.9 Å². The summed E-state index contributed by atoms with van der Waals surface area (Å²) in [6.45, 7) is 10.2. The van der Waals surface area contributed by atoms with E-state index in [9.17, 15) is 14.0 Å². The Kier molecular flexibility index (Phi) is 5.27. The van der Waals surface area contributed by atoms with Crippen molar-refractivity contribution in [3.63, 3.8) is 0 Å². The lowest BCUT2D eigenvalue weighted by Gasteiger charge is -2.49. The van der Waals surface area contributed by atoms with Gasteiger partial charge in [0.15, 0.2) is 5.82 Å². The Morgan fingerprint density at radius 3 is 2.47 bits per heavy atom. The number of anilines is 2. The van der Waals surface area contributed by atoms with Gasteiger partial charge in [0.25, 0.3) is 0 Å². The average molecular weight is 462 g/mol. The van der Waals surface area contributed by atoms with E-state index in [-0.39, 0.29) is 28.6 Å². The highest BCUT2D eigenvalue weighted by Crippen LogP contribution is 2.54. The second kappa shape index (κ2) is 7.47. The summed E-state index contributed by atoms with van der Waals surface area (Å²) in [5.41, 5.74) is 0.0902. The Morgan fingerprint density at radius 1 is 1.22 bits per heavy atom. The number of carbonyl (C=O) groups is 2. The molecule has 172 valence electrons. The number of aromatic amines is 1. The van der Waals surface area contributed by atoms with E-state index in [4.69, 9.17) is 11.6 Å². The number of hydrogen-bond acceptors (Lipinski definition) is 3. The Hall–Kier alpha value is -2.61. The van der Waals surface area contributed by atoms with Crippen molar-refractivity contribution in [1.82, 2.24) is 15.1 Å². The Balaban J connectivity index is 1.56. The zero-order valence-electron chi connectivity index (χ0n) is 19.0. The number of nitrogens with one attached hydrogen (secondary N) is 3. The van der Waals surface area contributed by atoms with Gasteiger partial charge < -0.3 is 15.5 Å².